The third-order valence-corrected chi connectivity index (χ3v) is 3.74. The number of aliphatic hydroxyl groups is 1. The van der Waals surface area contributed by atoms with Crippen LogP contribution < -0.4 is 9.64 Å². The van der Waals surface area contributed by atoms with Gasteiger partial charge in [0, 0.05) is 32.4 Å². The summed E-state index contributed by atoms with van der Waals surface area (Å²) in [5, 5.41) is 8.86. The van der Waals surface area contributed by atoms with Crippen molar-refractivity contribution in [3.05, 3.63) is 24.3 Å². The third kappa shape index (κ3) is 4.13. The molecule has 1 aromatic carbocycles. The number of hydrogen-bond donors (Lipinski definition) is 1. The van der Waals surface area contributed by atoms with Crippen molar-refractivity contribution in [1.29, 1.82) is 0 Å². The van der Waals surface area contributed by atoms with Gasteiger partial charge in [-0.1, -0.05) is 0 Å². The first kappa shape index (κ1) is 17.1. The molecular weight excluding hydrogens is 298 g/mol. The molecule has 7 nitrogen and oxygen atoms in total. The van der Waals surface area contributed by atoms with Crippen LogP contribution >= 0.6 is 0 Å². The van der Waals surface area contributed by atoms with Crippen LogP contribution in [-0.4, -0.2) is 73.3 Å². The lowest BCUT2D eigenvalue weighted by atomic mass is 10.3. The van der Waals surface area contributed by atoms with Gasteiger partial charge in [-0.15, -0.1) is 0 Å². The molecule has 1 heterocycles. The SMILES string of the molecule is CCOc1ccc(N2CCN(CC(=O)N(C)CCO)C2=O)cc1. The number of nitrogens with zero attached hydrogens (tertiary/aromatic N) is 3. The van der Waals surface area contributed by atoms with E-state index in [-0.39, 0.29) is 31.6 Å². The van der Waals surface area contributed by atoms with Gasteiger partial charge in [0.2, 0.25) is 5.91 Å². The van der Waals surface area contributed by atoms with Crippen molar-refractivity contribution in [3.8, 4) is 5.75 Å². The number of carbonyl (C=O) groups excluding carboxylic acids is 2. The summed E-state index contributed by atoms with van der Waals surface area (Å²) in [6.45, 7) is 3.77. The number of rotatable bonds is 7. The number of likely N-dealkylation sites (N-methyl/N-ethyl adjacent to an activating group) is 1. The number of ether oxygens (including phenoxy) is 1. The molecule has 3 amide bonds. The molecule has 1 fully saturated rings. The van der Waals surface area contributed by atoms with Gasteiger partial charge in [-0.2, -0.15) is 0 Å². The lowest BCUT2D eigenvalue weighted by molar-refractivity contribution is -0.130. The highest BCUT2D eigenvalue weighted by Crippen LogP contribution is 2.23. The average Bonchev–Trinajstić information content (AvgIpc) is 2.90. The monoisotopic (exact) mass is 321 g/mol. The number of amides is 3. The van der Waals surface area contributed by atoms with Crippen molar-refractivity contribution in [3.63, 3.8) is 0 Å². The smallest absolute Gasteiger partial charge is 0.325 e. The van der Waals surface area contributed by atoms with Gasteiger partial charge in [-0.25, -0.2) is 4.79 Å². The molecular formula is C16H23N3O4. The summed E-state index contributed by atoms with van der Waals surface area (Å²) in [4.78, 5) is 29.0. The highest BCUT2D eigenvalue weighted by Gasteiger charge is 2.31. The molecule has 1 aromatic rings. The highest BCUT2D eigenvalue weighted by molar-refractivity contribution is 5.96. The summed E-state index contributed by atoms with van der Waals surface area (Å²) in [6.07, 6.45) is 0. The van der Waals surface area contributed by atoms with Crippen molar-refractivity contribution < 1.29 is 19.4 Å². The summed E-state index contributed by atoms with van der Waals surface area (Å²) >= 11 is 0. The van der Waals surface area contributed by atoms with E-state index < -0.39 is 0 Å². The van der Waals surface area contributed by atoms with Crippen molar-refractivity contribution in [2.75, 3.05) is 51.3 Å². The van der Waals surface area contributed by atoms with E-state index in [1.54, 1.807) is 11.9 Å². The van der Waals surface area contributed by atoms with E-state index in [0.717, 1.165) is 11.4 Å². The molecule has 23 heavy (non-hydrogen) atoms. The number of anilines is 1. The maximum Gasteiger partial charge on any atom is 0.325 e. The Balaban J connectivity index is 1.97. The fraction of sp³-hybridized carbons (Fsp3) is 0.500. The molecule has 2 rings (SSSR count). The largest absolute Gasteiger partial charge is 0.494 e. The standard InChI is InChI=1S/C16H23N3O4/c1-3-23-14-6-4-13(5-7-14)19-9-8-18(16(19)22)12-15(21)17(2)10-11-20/h4-7,20H,3,8-12H2,1-2H3. The van der Waals surface area contributed by atoms with Crippen LogP contribution in [0.4, 0.5) is 10.5 Å². The Morgan fingerprint density at radius 2 is 2.00 bits per heavy atom. The molecule has 7 heteroatoms. The number of urea groups is 1. The summed E-state index contributed by atoms with van der Waals surface area (Å²) in [5.41, 5.74) is 0.789. The van der Waals surface area contributed by atoms with E-state index in [1.807, 2.05) is 31.2 Å². The normalized spacial score (nSPS) is 14.3. The Hall–Kier alpha value is -2.28. The zero-order valence-electron chi connectivity index (χ0n) is 13.6. The van der Waals surface area contributed by atoms with Crippen LogP contribution in [0.1, 0.15) is 6.92 Å². The van der Waals surface area contributed by atoms with Crippen LogP contribution in [0.5, 0.6) is 5.75 Å². The topological polar surface area (TPSA) is 73.3 Å². The lowest BCUT2D eigenvalue weighted by Crippen LogP contribution is -2.41. The Morgan fingerprint density at radius 1 is 1.30 bits per heavy atom. The molecule has 0 bridgehead atoms. The predicted octanol–water partition coefficient (Wildman–Crippen LogP) is 0.778. The second kappa shape index (κ2) is 7.82. The van der Waals surface area contributed by atoms with Gasteiger partial charge in [0.1, 0.15) is 12.3 Å². The fourth-order valence-corrected chi connectivity index (χ4v) is 2.42. The van der Waals surface area contributed by atoms with Gasteiger partial charge in [0.15, 0.2) is 0 Å². The van der Waals surface area contributed by atoms with Crippen LogP contribution in [0.15, 0.2) is 24.3 Å². The molecule has 1 aliphatic rings. The van der Waals surface area contributed by atoms with E-state index in [2.05, 4.69) is 0 Å². The second-order valence-electron chi connectivity index (χ2n) is 5.32. The molecule has 0 unspecified atom stereocenters. The molecule has 0 spiro atoms. The molecule has 0 saturated carbocycles. The quantitative estimate of drug-likeness (QED) is 0.805. The fourth-order valence-electron chi connectivity index (χ4n) is 2.42. The number of carbonyl (C=O) groups is 2. The van der Waals surface area contributed by atoms with Crippen molar-refractivity contribution in [2.45, 2.75) is 6.92 Å². The number of benzene rings is 1. The maximum absolute atomic E-state index is 12.4. The summed E-state index contributed by atoms with van der Waals surface area (Å²) < 4.78 is 5.39. The van der Waals surface area contributed by atoms with Gasteiger partial charge in [-0.05, 0) is 31.2 Å². The Morgan fingerprint density at radius 3 is 2.61 bits per heavy atom. The lowest BCUT2D eigenvalue weighted by Gasteiger charge is -2.21. The predicted molar refractivity (Wildman–Crippen MR) is 86.6 cm³/mol. The van der Waals surface area contributed by atoms with E-state index in [0.29, 0.717) is 19.7 Å². The zero-order chi connectivity index (χ0) is 16.8. The first-order valence-electron chi connectivity index (χ1n) is 7.71. The Kier molecular flexibility index (Phi) is 5.81. The average molecular weight is 321 g/mol. The number of hydrogen-bond acceptors (Lipinski definition) is 4. The van der Waals surface area contributed by atoms with Crippen LogP contribution in [0.25, 0.3) is 0 Å². The molecule has 0 atom stereocenters. The minimum atomic E-state index is -0.181. The van der Waals surface area contributed by atoms with Crippen molar-refractivity contribution in [1.82, 2.24) is 9.80 Å². The van der Waals surface area contributed by atoms with Gasteiger partial charge in [-0.3, -0.25) is 9.69 Å². The van der Waals surface area contributed by atoms with E-state index in [1.165, 1.54) is 9.80 Å². The minimum Gasteiger partial charge on any atom is -0.494 e. The summed E-state index contributed by atoms with van der Waals surface area (Å²) in [6, 6.07) is 7.15. The first-order valence-corrected chi connectivity index (χ1v) is 7.71. The van der Waals surface area contributed by atoms with Gasteiger partial charge < -0.3 is 19.6 Å². The third-order valence-electron chi connectivity index (χ3n) is 3.74. The summed E-state index contributed by atoms with van der Waals surface area (Å²) in [5.74, 6) is 0.585. The van der Waals surface area contributed by atoms with E-state index >= 15 is 0 Å². The van der Waals surface area contributed by atoms with Gasteiger partial charge in [0.25, 0.3) is 0 Å². The first-order chi connectivity index (χ1) is 11.1. The molecule has 1 N–H and O–H groups in total. The molecule has 1 saturated heterocycles. The highest BCUT2D eigenvalue weighted by atomic mass is 16.5. The Bertz CT molecular complexity index is 547. The number of aliphatic hydroxyl groups excluding tert-OH is 1. The van der Waals surface area contributed by atoms with E-state index in [9.17, 15) is 9.59 Å². The van der Waals surface area contributed by atoms with Crippen LogP contribution in [0, 0.1) is 0 Å². The summed E-state index contributed by atoms with van der Waals surface area (Å²) in [7, 11) is 1.61. The minimum absolute atomic E-state index is 0.0306. The van der Waals surface area contributed by atoms with Crippen molar-refractivity contribution in [2.24, 2.45) is 0 Å². The van der Waals surface area contributed by atoms with Gasteiger partial charge >= 0.3 is 6.03 Å². The van der Waals surface area contributed by atoms with Crippen LogP contribution in [0.2, 0.25) is 0 Å². The van der Waals surface area contributed by atoms with Crippen LogP contribution in [-0.2, 0) is 4.79 Å². The maximum atomic E-state index is 12.4. The van der Waals surface area contributed by atoms with E-state index in [4.69, 9.17) is 9.84 Å². The molecule has 126 valence electrons. The van der Waals surface area contributed by atoms with Crippen LogP contribution in [0.3, 0.4) is 0 Å². The molecule has 0 aliphatic carbocycles. The molecule has 0 aromatic heterocycles. The van der Waals surface area contributed by atoms with Crippen molar-refractivity contribution >= 4 is 17.6 Å². The van der Waals surface area contributed by atoms with Gasteiger partial charge in [0.05, 0.1) is 13.2 Å². The Labute approximate surface area is 136 Å². The molecule has 0 radical (unpaired) electrons. The second-order valence-corrected chi connectivity index (χ2v) is 5.32. The zero-order valence-corrected chi connectivity index (χ0v) is 13.6. The molecule has 1 aliphatic heterocycles.